The van der Waals surface area contributed by atoms with E-state index in [1.165, 1.54) is 23.1 Å². The van der Waals surface area contributed by atoms with Crippen molar-refractivity contribution in [2.45, 2.75) is 4.90 Å². The Morgan fingerprint density at radius 3 is 2.43 bits per heavy atom. The van der Waals surface area contributed by atoms with Gasteiger partial charge >= 0.3 is 0 Å². The molecule has 1 aliphatic rings. The Morgan fingerprint density at radius 2 is 1.82 bits per heavy atom. The van der Waals surface area contributed by atoms with Gasteiger partial charge in [-0.25, -0.2) is 0 Å². The highest BCUT2D eigenvalue weighted by Gasteiger charge is 2.34. The summed E-state index contributed by atoms with van der Waals surface area (Å²) in [5, 5.41) is 0.105. The van der Waals surface area contributed by atoms with Crippen LogP contribution in [0.3, 0.4) is 0 Å². The molecule has 0 N–H and O–H groups in total. The molecule has 1 fully saturated rings. The van der Waals surface area contributed by atoms with E-state index in [4.69, 9.17) is 4.74 Å². The number of hydrogen-bond acceptors (Lipinski definition) is 5. The van der Waals surface area contributed by atoms with Crippen molar-refractivity contribution >= 4 is 38.9 Å². The molecule has 28 heavy (non-hydrogen) atoms. The molecule has 144 valence electrons. The molecule has 0 aliphatic carbocycles. The first kappa shape index (κ1) is 19.9. The Balaban J connectivity index is 1.96. The van der Waals surface area contributed by atoms with Gasteiger partial charge in [0.2, 0.25) is 0 Å². The largest absolute Gasteiger partial charge is 0.497 e. The minimum absolute atomic E-state index is 0.0710. The van der Waals surface area contributed by atoms with Crippen molar-refractivity contribution in [3.8, 4) is 5.75 Å². The van der Waals surface area contributed by atoms with Gasteiger partial charge in [-0.05, 0) is 47.7 Å². The van der Waals surface area contributed by atoms with Crippen LogP contribution in [0.2, 0.25) is 0 Å². The second-order valence-electron chi connectivity index (χ2n) is 5.75. The molecular formula is C20H18N2O4S2. The number of carbonyl (C=O) groups is 1. The third-order valence-electron chi connectivity index (χ3n) is 3.85. The average molecular weight is 415 g/mol. The maximum absolute atomic E-state index is 12.7. The third kappa shape index (κ3) is 4.35. The maximum atomic E-state index is 12.7. The highest BCUT2D eigenvalue weighted by molar-refractivity contribution is 8.19. The van der Waals surface area contributed by atoms with Crippen LogP contribution in [0, 0.1) is 0 Å². The molecule has 0 atom stereocenters. The van der Waals surface area contributed by atoms with Crippen LogP contribution in [0.15, 0.2) is 81.5 Å². The molecule has 2 aromatic carbocycles. The van der Waals surface area contributed by atoms with E-state index in [9.17, 15) is 13.2 Å². The summed E-state index contributed by atoms with van der Waals surface area (Å²) in [7, 11) is -2.35. The molecule has 1 heterocycles. The van der Waals surface area contributed by atoms with Gasteiger partial charge in [0, 0.05) is 6.54 Å². The number of thioether (sulfide) groups is 1. The number of ether oxygens (including phenoxy) is 1. The van der Waals surface area contributed by atoms with Crippen molar-refractivity contribution in [2.75, 3.05) is 13.7 Å². The van der Waals surface area contributed by atoms with E-state index in [-0.39, 0.29) is 22.5 Å². The lowest BCUT2D eigenvalue weighted by Crippen LogP contribution is -2.29. The van der Waals surface area contributed by atoms with Gasteiger partial charge < -0.3 is 4.74 Å². The number of amides is 1. The van der Waals surface area contributed by atoms with Gasteiger partial charge in [0.25, 0.3) is 15.9 Å². The molecule has 2 aromatic rings. The summed E-state index contributed by atoms with van der Waals surface area (Å²) >= 11 is 1.02. The Kier molecular flexibility index (Phi) is 6.01. The highest BCUT2D eigenvalue weighted by atomic mass is 32.2. The van der Waals surface area contributed by atoms with Crippen molar-refractivity contribution in [1.29, 1.82) is 0 Å². The van der Waals surface area contributed by atoms with Gasteiger partial charge in [-0.3, -0.25) is 9.69 Å². The number of amidine groups is 1. The van der Waals surface area contributed by atoms with E-state index in [1.54, 1.807) is 43.5 Å². The second kappa shape index (κ2) is 8.45. The number of carbonyl (C=O) groups excluding carboxylic acids is 1. The van der Waals surface area contributed by atoms with Crippen molar-refractivity contribution < 1.29 is 17.9 Å². The molecule has 0 radical (unpaired) electrons. The molecular weight excluding hydrogens is 396 g/mol. The number of sulfonamides is 1. The first-order valence-corrected chi connectivity index (χ1v) is 10.6. The van der Waals surface area contributed by atoms with Crippen molar-refractivity contribution in [2.24, 2.45) is 4.40 Å². The standard InChI is InChI=1S/C20H18N2O4S2/c1-3-13-22-19(23)18(14-15-9-11-16(26-2)12-10-15)27-20(22)21-28(24,25)17-7-5-4-6-8-17/h3-12,14H,1,13H2,2H3/b18-14+,21-20?. The summed E-state index contributed by atoms with van der Waals surface area (Å²) in [6, 6.07) is 15.1. The molecule has 0 aromatic heterocycles. The topological polar surface area (TPSA) is 76.0 Å². The predicted octanol–water partition coefficient (Wildman–Crippen LogP) is 3.54. The second-order valence-corrected chi connectivity index (χ2v) is 8.36. The fraction of sp³-hybridized carbons (Fsp3) is 0.100. The van der Waals surface area contributed by atoms with Crippen molar-refractivity contribution in [3.05, 3.63) is 77.7 Å². The summed E-state index contributed by atoms with van der Waals surface area (Å²) in [5.74, 6) is 0.389. The molecule has 1 amide bonds. The van der Waals surface area contributed by atoms with E-state index >= 15 is 0 Å². The molecule has 0 unspecified atom stereocenters. The van der Waals surface area contributed by atoms with Crippen LogP contribution in [0.4, 0.5) is 0 Å². The lowest BCUT2D eigenvalue weighted by molar-refractivity contribution is -0.121. The van der Waals surface area contributed by atoms with Gasteiger partial charge in [-0.15, -0.1) is 11.0 Å². The van der Waals surface area contributed by atoms with Crippen LogP contribution in [-0.2, 0) is 14.8 Å². The summed E-state index contributed by atoms with van der Waals surface area (Å²) in [4.78, 5) is 14.5. The van der Waals surface area contributed by atoms with Crippen LogP contribution >= 0.6 is 11.8 Å². The first-order valence-electron chi connectivity index (χ1n) is 8.31. The fourth-order valence-corrected chi connectivity index (χ4v) is 4.68. The zero-order valence-electron chi connectivity index (χ0n) is 15.1. The summed E-state index contributed by atoms with van der Waals surface area (Å²) in [6.45, 7) is 3.80. The van der Waals surface area contributed by atoms with E-state index < -0.39 is 10.0 Å². The van der Waals surface area contributed by atoms with Gasteiger partial charge in [-0.2, -0.15) is 8.42 Å². The normalized spacial score (nSPS) is 17.3. The predicted molar refractivity (Wildman–Crippen MR) is 112 cm³/mol. The minimum Gasteiger partial charge on any atom is -0.497 e. The number of nitrogens with zero attached hydrogens (tertiary/aromatic N) is 2. The monoisotopic (exact) mass is 414 g/mol. The first-order chi connectivity index (χ1) is 13.4. The van der Waals surface area contributed by atoms with E-state index in [0.29, 0.717) is 10.7 Å². The van der Waals surface area contributed by atoms with Gasteiger partial charge in [-0.1, -0.05) is 36.4 Å². The Hall–Kier alpha value is -2.84. The molecule has 1 aliphatic heterocycles. The number of benzene rings is 2. The lowest BCUT2D eigenvalue weighted by atomic mass is 10.2. The number of methoxy groups -OCH3 is 1. The number of hydrogen-bond donors (Lipinski definition) is 0. The average Bonchev–Trinajstić information content (AvgIpc) is 2.98. The maximum Gasteiger partial charge on any atom is 0.284 e. The molecule has 3 rings (SSSR count). The third-order valence-corrected chi connectivity index (χ3v) is 6.26. The van der Waals surface area contributed by atoms with Crippen molar-refractivity contribution in [1.82, 2.24) is 4.90 Å². The molecule has 1 saturated heterocycles. The molecule has 8 heteroatoms. The summed E-state index contributed by atoms with van der Waals surface area (Å²) in [6.07, 6.45) is 3.22. The highest BCUT2D eigenvalue weighted by Crippen LogP contribution is 2.33. The lowest BCUT2D eigenvalue weighted by Gasteiger charge is -2.12. The fourth-order valence-electron chi connectivity index (χ4n) is 2.47. The molecule has 6 nitrogen and oxygen atoms in total. The van der Waals surface area contributed by atoms with Gasteiger partial charge in [0.1, 0.15) is 5.75 Å². The number of rotatable bonds is 6. The smallest absolute Gasteiger partial charge is 0.284 e. The zero-order valence-corrected chi connectivity index (χ0v) is 16.7. The van der Waals surface area contributed by atoms with E-state index in [2.05, 4.69) is 11.0 Å². The van der Waals surface area contributed by atoms with E-state index in [1.807, 2.05) is 12.1 Å². The molecule has 0 spiro atoms. The summed E-state index contributed by atoms with van der Waals surface area (Å²) in [5.41, 5.74) is 0.794. The minimum atomic E-state index is -3.93. The molecule has 0 saturated carbocycles. The van der Waals surface area contributed by atoms with Crippen LogP contribution in [0.25, 0.3) is 6.08 Å². The SMILES string of the molecule is C=CCN1C(=O)/C(=C\c2ccc(OC)cc2)SC1=NS(=O)(=O)c1ccccc1. The van der Waals surface area contributed by atoms with Crippen LogP contribution in [0.1, 0.15) is 5.56 Å². The quantitative estimate of drug-likeness (QED) is 0.534. The van der Waals surface area contributed by atoms with E-state index in [0.717, 1.165) is 17.3 Å². The Labute approximate surface area is 168 Å². The van der Waals surface area contributed by atoms with Crippen molar-refractivity contribution in [3.63, 3.8) is 0 Å². The Morgan fingerprint density at radius 1 is 1.14 bits per heavy atom. The van der Waals surface area contributed by atoms with Crippen LogP contribution in [0.5, 0.6) is 5.75 Å². The Bertz CT molecular complexity index is 1040. The van der Waals surface area contributed by atoms with Gasteiger partial charge in [0.05, 0.1) is 16.9 Å². The van der Waals surface area contributed by atoms with Crippen LogP contribution < -0.4 is 4.74 Å². The zero-order chi connectivity index (χ0) is 20.1. The van der Waals surface area contributed by atoms with Gasteiger partial charge in [0.15, 0.2) is 5.17 Å². The van der Waals surface area contributed by atoms with Crippen LogP contribution in [-0.4, -0.2) is 38.0 Å². The molecule has 0 bridgehead atoms. The summed E-state index contributed by atoms with van der Waals surface area (Å²) < 4.78 is 34.2.